The SMILES string of the molecule is C=C(OC)C(O)c1ccccc1OC. The lowest BCUT2D eigenvalue weighted by molar-refractivity contribution is 0.128. The lowest BCUT2D eigenvalue weighted by Crippen LogP contribution is -2.04. The molecule has 1 unspecified atom stereocenters. The first-order valence-electron chi connectivity index (χ1n) is 4.24. The van der Waals surface area contributed by atoms with Crippen molar-refractivity contribution in [2.24, 2.45) is 0 Å². The Morgan fingerprint density at radius 3 is 2.57 bits per heavy atom. The van der Waals surface area contributed by atoms with Crippen LogP contribution in [-0.4, -0.2) is 19.3 Å². The summed E-state index contributed by atoms with van der Waals surface area (Å²) in [4.78, 5) is 0. The van der Waals surface area contributed by atoms with Crippen molar-refractivity contribution in [2.75, 3.05) is 14.2 Å². The standard InChI is InChI=1S/C11H14O3/c1-8(13-2)11(12)9-6-4-5-7-10(9)14-3/h4-7,11-12H,1H2,2-3H3. The molecule has 0 saturated heterocycles. The largest absolute Gasteiger partial charge is 0.499 e. The maximum absolute atomic E-state index is 9.80. The third-order valence-electron chi connectivity index (χ3n) is 2.00. The first-order valence-corrected chi connectivity index (χ1v) is 4.24. The average molecular weight is 194 g/mol. The van der Waals surface area contributed by atoms with Gasteiger partial charge in [-0.2, -0.15) is 0 Å². The second kappa shape index (κ2) is 4.67. The molecule has 0 fully saturated rings. The summed E-state index contributed by atoms with van der Waals surface area (Å²) in [6.07, 6.45) is -0.851. The molecule has 1 atom stereocenters. The van der Waals surface area contributed by atoms with Crippen molar-refractivity contribution in [1.82, 2.24) is 0 Å². The van der Waals surface area contributed by atoms with E-state index in [4.69, 9.17) is 9.47 Å². The Balaban J connectivity index is 2.99. The topological polar surface area (TPSA) is 38.7 Å². The molecule has 0 heterocycles. The molecule has 0 bridgehead atoms. The van der Waals surface area contributed by atoms with Crippen molar-refractivity contribution in [2.45, 2.75) is 6.10 Å². The molecule has 0 aliphatic carbocycles. The van der Waals surface area contributed by atoms with Gasteiger partial charge in [-0.15, -0.1) is 0 Å². The summed E-state index contributed by atoms with van der Waals surface area (Å²) in [5, 5.41) is 9.80. The van der Waals surface area contributed by atoms with Gasteiger partial charge in [-0.25, -0.2) is 0 Å². The smallest absolute Gasteiger partial charge is 0.139 e. The van der Waals surface area contributed by atoms with Gasteiger partial charge in [-0.1, -0.05) is 24.8 Å². The minimum atomic E-state index is -0.851. The van der Waals surface area contributed by atoms with Gasteiger partial charge in [0.2, 0.25) is 0 Å². The summed E-state index contributed by atoms with van der Waals surface area (Å²) in [5.74, 6) is 0.924. The lowest BCUT2D eigenvalue weighted by Gasteiger charge is -2.15. The number of aliphatic hydroxyl groups is 1. The van der Waals surface area contributed by atoms with Gasteiger partial charge in [0.15, 0.2) is 0 Å². The van der Waals surface area contributed by atoms with Gasteiger partial charge in [0.1, 0.15) is 17.6 Å². The predicted octanol–water partition coefficient (Wildman–Crippen LogP) is 1.89. The van der Waals surface area contributed by atoms with Crippen molar-refractivity contribution in [3.05, 3.63) is 42.2 Å². The molecule has 76 valence electrons. The van der Waals surface area contributed by atoms with E-state index in [1.165, 1.54) is 7.11 Å². The van der Waals surface area contributed by atoms with Crippen molar-refractivity contribution in [3.8, 4) is 5.75 Å². The molecule has 0 amide bonds. The van der Waals surface area contributed by atoms with E-state index in [0.29, 0.717) is 17.1 Å². The van der Waals surface area contributed by atoms with Crippen molar-refractivity contribution in [3.63, 3.8) is 0 Å². The van der Waals surface area contributed by atoms with Gasteiger partial charge < -0.3 is 14.6 Å². The zero-order chi connectivity index (χ0) is 10.6. The van der Waals surface area contributed by atoms with Crippen LogP contribution in [0.1, 0.15) is 11.7 Å². The molecule has 0 spiro atoms. The molecule has 14 heavy (non-hydrogen) atoms. The molecule has 0 radical (unpaired) electrons. The van der Waals surface area contributed by atoms with E-state index in [0.717, 1.165) is 0 Å². The van der Waals surface area contributed by atoms with Crippen molar-refractivity contribution in [1.29, 1.82) is 0 Å². The van der Waals surface area contributed by atoms with Crippen LogP contribution >= 0.6 is 0 Å². The Kier molecular flexibility index (Phi) is 3.54. The van der Waals surface area contributed by atoms with Crippen LogP contribution in [0.25, 0.3) is 0 Å². The minimum absolute atomic E-state index is 0.300. The first-order chi connectivity index (χ1) is 6.70. The first kappa shape index (κ1) is 10.6. The van der Waals surface area contributed by atoms with Gasteiger partial charge in [0, 0.05) is 5.56 Å². The Morgan fingerprint density at radius 1 is 1.36 bits per heavy atom. The molecule has 3 nitrogen and oxygen atoms in total. The number of ether oxygens (including phenoxy) is 2. The van der Waals surface area contributed by atoms with Gasteiger partial charge in [0.05, 0.1) is 14.2 Å². The molecule has 3 heteroatoms. The number of hydrogen-bond donors (Lipinski definition) is 1. The van der Waals surface area contributed by atoms with E-state index in [1.807, 2.05) is 12.1 Å². The fourth-order valence-electron chi connectivity index (χ4n) is 1.18. The van der Waals surface area contributed by atoms with E-state index in [1.54, 1.807) is 19.2 Å². The number of benzene rings is 1. The summed E-state index contributed by atoms with van der Waals surface area (Å²) in [7, 11) is 3.03. The normalized spacial score (nSPS) is 11.9. The van der Waals surface area contributed by atoms with E-state index >= 15 is 0 Å². The Hall–Kier alpha value is -1.48. The quantitative estimate of drug-likeness (QED) is 0.744. The fourth-order valence-corrected chi connectivity index (χ4v) is 1.18. The molecule has 0 aliphatic heterocycles. The summed E-state index contributed by atoms with van der Waals surface area (Å²) in [6, 6.07) is 7.21. The zero-order valence-corrected chi connectivity index (χ0v) is 8.36. The van der Waals surface area contributed by atoms with Crippen LogP contribution in [0.4, 0.5) is 0 Å². The van der Waals surface area contributed by atoms with Crippen molar-refractivity contribution >= 4 is 0 Å². The second-order valence-corrected chi connectivity index (χ2v) is 2.81. The highest BCUT2D eigenvalue weighted by atomic mass is 16.5. The van der Waals surface area contributed by atoms with Gasteiger partial charge in [-0.05, 0) is 6.07 Å². The van der Waals surface area contributed by atoms with E-state index in [9.17, 15) is 5.11 Å². The number of methoxy groups -OCH3 is 2. The van der Waals surface area contributed by atoms with Gasteiger partial charge in [-0.3, -0.25) is 0 Å². The Bertz CT molecular complexity index is 320. The summed E-state index contributed by atoms with van der Waals surface area (Å²) in [6.45, 7) is 3.60. The molecule has 1 N–H and O–H groups in total. The molecule has 0 aromatic heterocycles. The van der Waals surface area contributed by atoms with Crippen LogP contribution < -0.4 is 4.74 Å². The number of para-hydroxylation sites is 1. The Labute approximate surface area is 83.6 Å². The van der Waals surface area contributed by atoms with Gasteiger partial charge >= 0.3 is 0 Å². The van der Waals surface area contributed by atoms with Crippen LogP contribution in [0.2, 0.25) is 0 Å². The highest BCUT2D eigenvalue weighted by Crippen LogP contribution is 2.28. The maximum atomic E-state index is 9.80. The molecule has 1 aromatic rings. The van der Waals surface area contributed by atoms with Crippen LogP contribution in [0.3, 0.4) is 0 Å². The Morgan fingerprint density at radius 2 is 2.00 bits per heavy atom. The third kappa shape index (κ3) is 2.06. The predicted molar refractivity (Wildman–Crippen MR) is 54.1 cm³/mol. The van der Waals surface area contributed by atoms with Crippen LogP contribution in [0, 0.1) is 0 Å². The molecular formula is C11H14O3. The van der Waals surface area contributed by atoms with Crippen LogP contribution in [0.5, 0.6) is 5.75 Å². The number of aliphatic hydroxyl groups excluding tert-OH is 1. The summed E-state index contributed by atoms with van der Waals surface area (Å²) >= 11 is 0. The summed E-state index contributed by atoms with van der Waals surface area (Å²) < 4.78 is 9.97. The molecule has 1 rings (SSSR count). The number of hydrogen-bond acceptors (Lipinski definition) is 3. The zero-order valence-electron chi connectivity index (χ0n) is 8.36. The van der Waals surface area contributed by atoms with E-state index < -0.39 is 6.10 Å². The van der Waals surface area contributed by atoms with Gasteiger partial charge in [0.25, 0.3) is 0 Å². The highest BCUT2D eigenvalue weighted by molar-refractivity contribution is 5.37. The van der Waals surface area contributed by atoms with Crippen LogP contribution in [0.15, 0.2) is 36.6 Å². The number of rotatable bonds is 4. The maximum Gasteiger partial charge on any atom is 0.139 e. The molecule has 0 aliphatic rings. The minimum Gasteiger partial charge on any atom is -0.499 e. The fraction of sp³-hybridized carbons (Fsp3) is 0.273. The summed E-state index contributed by atoms with van der Waals surface area (Å²) in [5.41, 5.74) is 0.654. The second-order valence-electron chi connectivity index (χ2n) is 2.81. The van der Waals surface area contributed by atoms with E-state index in [2.05, 4.69) is 6.58 Å². The highest BCUT2D eigenvalue weighted by Gasteiger charge is 2.15. The van der Waals surface area contributed by atoms with Crippen LogP contribution in [-0.2, 0) is 4.74 Å². The molecule has 0 saturated carbocycles. The third-order valence-corrected chi connectivity index (χ3v) is 2.00. The lowest BCUT2D eigenvalue weighted by atomic mass is 10.1. The van der Waals surface area contributed by atoms with Crippen molar-refractivity contribution < 1.29 is 14.6 Å². The van der Waals surface area contributed by atoms with E-state index in [-0.39, 0.29) is 0 Å². The average Bonchev–Trinajstić information content (AvgIpc) is 2.26. The molecule has 1 aromatic carbocycles. The monoisotopic (exact) mass is 194 g/mol. The molecular weight excluding hydrogens is 180 g/mol.